The van der Waals surface area contributed by atoms with Crippen LogP contribution in [0.25, 0.3) is 0 Å². The van der Waals surface area contributed by atoms with Gasteiger partial charge < -0.3 is 10.1 Å². The van der Waals surface area contributed by atoms with Gasteiger partial charge in [-0.25, -0.2) is 4.39 Å². The van der Waals surface area contributed by atoms with E-state index in [0.29, 0.717) is 12.4 Å². The van der Waals surface area contributed by atoms with Gasteiger partial charge in [-0.15, -0.1) is 0 Å². The molecule has 0 radical (unpaired) electrons. The van der Waals surface area contributed by atoms with E-state index in [1.54, 1.807) is 10.7 Å². The van der Waals surface area contributed by atoms with Crippen LogP contribution in [0.3, 0.4) is 0 Å². The first-order valence-electron chi connectivity index (χ1n) is 6.60. The minimum absolute atomic E-state index is 0.0962. The normalized spacial score (nSPS) is 12.4. The Hall–Kier alpha value is -1.88. The molecule has 0 aliphatic carbocycles. The van der Waals surface area contributed by atoms with Gasteiger partial charge in [-0.2, -0.15) is 5.10 Å². The van der Waals surface area contributed by atoms with Gasteiger partial charge in [0, 0.05) is 24.7 Å². The van der Waals surface area contributed by atoms with Crippen molar-refractivity contribution in [1.82, 2.24) is 15.1 Å². The van der Waals surface area contributed by atoms with Crippen LogP contribution in [0.2, 0.25) is 0 Å². The molecule has 0 saturated carbocycles. The molecule has 1 heterocycles. The molecule has 1 unspecified atom stereocenters. The van der Waals surface area contributed by atoms with Crippen LogP contribution in [-0.2, 0) is 13.7 Å². The monoisotopic (exact) mass is 277 g/mol. The smallest absolute Gasteiger partial charge is 0.130 e. The number of hydrogen-bond donors (Lipinski definition) is 1. The maximum absolute atomic E-state index is 13.4. The maximum atomic E-state index is 13.4. The fraction of sp³-hybridized carbons (Fsp3) is 0.400. The Labute approximate surface area is 118 Å². The summed E-state index contributed by atoms with van der Waals surface area (Å²) in [6.45, 7) is 4.30. The van der Waals surface area contributed by atoms with E-state index in [2.05, 4.69) is 10.4 Å². The van der Waals surface area contributed by atoms with Crippen molar-refractivity contribution in [2.45, 2.75) is 26.5 Å². The van der Waals surface area contributed by atoms with Crippen molar-refractivity contribution < 1.29 is 9.13 Å². The van der Waals surface area contributed by atoms with Gasteiger partial charge in [-0.3, -0.25) is 4.68 Å². The van der Waals surface area contributed by atoms with Crippen LogP contribution in [0.5, 0.6) is 5.75 Å². The largest absolute Gasteiger partial charge is 0.487 e. The van der Waals surface area contributed by atoms with Crippen LogP contribution in [0.1, 0.15) is 29.9 Å². The second-order valence-corrected chi connectivity index (χ2v) is 4.88. The van der Waals surface area contributed by atoms with Crippen LogP contribution >= 0.6 is 0 Å². The Bertz CT molecular complexity index is 595. The third-order valence-electron chi connectivity index (χ3n) is 3.35. The van der Waals surface area contributed by atoms with E-state index in [9.17, 15) is 4.39 Å². The van der Waals surface area contributed by atoms with Gasteiger partial charge in [0.25, 0.3) is 0 Å². The van der Waals surface area contributed by atoms with Gasteiger partial charge in [-0.05, 0) is 33.0 Å². The molecule has 1 aromatic heterocycles. The number of aromatic nitrogens is 2. The minimum atomic E-state index is -0.298. The van der Waals surface area contributed by atoms with E-state index in [1.807, 2.05) is 34.0 Å². The molecule has 0 aliphatic rings. The molecule has 2 rings (SSSR count). The summed E-state index contributed by atoms with van der Waals surface area (Å²) in [6.07, 6.45) is 0. The predicted molar refractivity (Wildman–Crippen MR) is 76.2 cm³/mol. The number of benzene rings is 1. The van der Waals surface area contributed by atoms with Gasteiger partial charge in [0.1, 0.15) is 18.2 Å². The average Bonchev–Trinajstić information content (AvgIpc) is 2.74. The van der Waals surface area contributed by atoms with Crippen molar-refractivity contribution in [3.63, 3.8) is 0 Å². The van der Waals surface area contributed by atoms with E-state index in [-0.39, 0.29) is 11.9 Å². The summed E-state index contributed by atoms with van der Waals surface area (Å²) >= 11 is 0. The number of ether oxygens (including phenoxy) is 1. The lowest BCUT2D eigenvalue weighted by Crippen LogP contribution is -2.14. The summed E-state index contributed by atoms with van der Waals surface area (Å²) in [5.41, 5.74) is 2.83. The molecule has 0 aliphatic heterocycles. The Kier molecular flexibility index (Phi) is 4.39. The molecule has 1 atom stereocenters. The summed E-state index contributed by atoms with van der Waals surface area (Å²) in [4.78, 5) is 0. The maximum Gasteiger partial charge on any atom is 0.130 e. The molecule has 20 heavy (non-hydrogen) atoms. The highest BCUT2D eigenvalue weighted by molar-refractivity contribution is 5.36. The molecule has 1 aromatic carbocycles. The molecule has 0 amide bonds. The topological polar surface area (TPSA) is 39.1 Å². The van der Waals surface area contributed by atoms with Crippen molar-refractivity contribution in [3.05, 3.63) is 47.0 Å². The quantitative estimate of drug-likeness (QED) is 0.913. The van der Waals surface area contributed by atoms with Crippen molar-refractivity contribution >= 4 is 0 Å². The second kappa shape index (κ2) is 6.05. The molecule has 0 bridgehead atoms. The summed E-state index contributed by atoms with van der Waals surface area (Å²) in [5, 5.41) is 7.40. The minimum Gasteiger partial charge on any atom is -0.487 e. The fourth-order valence-corrected chi connectivity index (χ4v) is 2.10. The lowest BCUT2D eigenvalue weighted by atomic mass is 10.1. The van der Waals surface area contributed by atoms with Crippen molar-refractivity contribution in [1.29, 1.82) is 0 Å². The fourth-order valence-electron chi connectivity index (χ4n) is 2.10. The summed E-state index contributed by atoms with van der Waals surface area (Å²) in [6, 6.07) is 6.68. The van der Waals surface area contributed by atoms with E-state index in [0.717, 1.165) is 17.0 Å². The van der Waals surface area contributed by atoms with Crippen molar-refractivity contribution in [3.8, 4) is 5.75 Å². The molecule has 0 fully saturated rings. The molecular formula is C15H20FN3O. The summed E-state index contributed by atoms with van der Waals surface area (Å²) < 4.78 is 21.0. The molecule has 5 heteroatoms. The molecule has 0 saturated heterocycles. The zero-order chi connectivity index (χ0) is 14.7. The van der Waals surface area contributed by atoms with Gasteiger partial charge in [-0.1, -0.05) is 6.07 Å². The predicted octanol–water partition coefficient (Wildman–Crippen LogP) is 2.73. The van der Waals surface area contributed by atoms with Gasteiger partial charge >= 0.3 is 0 Å². The van der Waals surface area contributed by atoms with Gasteiger partial charge in [0.05, 0.1) is 11.4 Å². The summed E-state index contributed by atoms with van der Waals surface area (Å²) in [5.74, 6) is 0.263. The standard InChI is InChI=1S/C15H20FN3O/c1-10-7-13(19(4)18-10)9-20-15-8-12(16)5-6-14(15)11(2)17-3/h5-8,11,17H,9H2,1-4H3. The third kappa shape index (κ3) is 3.17. The highest BCUT2D eigenvalue weighted by atomic mass is 19.1. The first-order valence-corrected chi connectivity index (χ1v) is 6.60. The Balaban J connectivity index is 2.20. The molecule has 4 nitrogen and oxygen atoms in total. The number of nitrogens with one attached hydrogen (secondary N) is 1. The van der Waals surface area contributed by atoms with Crippen molar-refractivity contribution in [2.75, 3.05) is 7.05 Å². The average molecular weight is 277 g/mol. The number of aryl methyl sites for hydroxylation is 2. The first-order chi connectivity index (χ1) is 9.51. The lowest BCUT2D eigenvalue weighted by molar-refractivity contribution is 0.288. The SMILES string of the molecule is CNC(C)c1ccc(F)cc1OCc1cc(C)nn1C. The van der Waals surface area contributed by atoms with Gasteiger partial charge in [0.2, 0.25) is 0 Å². The van der Waals surface area contributed by atoms with Crippen LogP contribution in [0, 0.1) is 12.7 Å². The van der Waals surface area contributed by atoms with Crippen LogP contribution in [0.15, 0.2) is 24.3 Å². The molecule has 0 spiro atoms. The lowest BCUT2D eigenvalue weighted by Gasteiger charge is -2.16. The number of hydrogen-bond acceptors (Lipinski definition) is 3. The Morgan fingerprint density at radius 2 is 2.15 bits per heavy atom. The molecule has 1 N–H and O–H groups in total. The number of nitrogens with zero attached hydrogens (tertiary/aromatic N) is 2. The second-order valence-electron chi connectivity index (χ2n) is 4.88. The van der Waals surface area contributed by atoms with E-state index >= 15 is 0 Å². The van der Waals surface area contributed by atoms with Crippen LogP contribution < -0.4 is 10.1 Å². The first kappa shape index (κ1) is 14.5. The molecular weight excluding hydrogens is 257 g/mol. The zero-order valence-corrected chi connectivity index (χ0v) is 12.3. The van der Waals surface area contributed by atoms with Crippen LogP contribution in [-0.4, -0.2) is 16.8 Å². The Morgan fingerprint density at radius 1 is 1.40 bits per heavy atom. The number of rotatable bonds is 5. The Morgan fingerprint density at radius 3 is 2.75 bits per heavy atom. The van der Waals surface area contributed by atoms with E-state index in [1.165, 1.54) is 12.1 Å². The highest BCUT2D eigenvalue weighted by Gasteiger charge is 2.12. The highest BCUT2D eigenvalue weighted by Crippen LogP contribution is 2.26. The van der Waals surface area contributed by atoms with Gasteiger partial charge in [0.15, 0.2) is 0 Å². The van der Waals surface area contributed by atoms with Crippen LogP contribution in [0.4, 0.5) is 4.39 Å². The zero-order valence-electron chi connectivity index (χ0n) is 12.3. The molecule has 108 valence electrons. The molecule has 2 aromatic rings. The summed E-state index contributed by atoms with van der Waals surface area (Å²) in [7, 11) is 3.73. The number of halogens is 1. The van der Waals surface area contributed by atoms with E-state index in [4.69, 9.17) is 4.74 Å². The third-order valence-corrected chi connectivity index (χ3v) is 3.35. The van der Waals surface area contributed by atoms with E-state index < -0.39 is 0 Å². The van der Waals surface area contributed by atoms with Crippen molar-refractivity contribution in [2.24, 2.45) is 7.05 Å².